The molecule has 0 saturated carbocycles. The highest BCUT2D eigenvalue weighted by Gasteiger charge is 2.06. The molecule has 0 aliphatic rings. The Morgan fingerprint density at radius 1 is 1.50 bits per heavy atom. The van der Waals surface area contributed by atoms with Gasteiger partial charge in [0.2, 0.25) is 11.8 Å². The molecule has 64 valence electrons. The van der Waals surface area contributed by atoms with Gasteiger partial charge in [0.25, 0.3) is 0 Å². The van der Waals surface area contributed by atoms with Gasteiger partial charge in [-0.15, -0.1) is 0 Å². The lowest BCUT2D eigenvalue weighted by Crippen LogP contribution is -2.15. The van der Waals surface area contributed by atoms with Crippen LogP contribution in [-0.2, 0) is 4.79 Å². The van der Waals surface area contributed by atoms with Crippen LogP contribution >= 0.6 is 0 Å². The minimum absolute atomic E-state index is 0.224. The van der Waals surface area contributed by atoms with E-state index in [0.717, 1.165) is 4.68 Å². The van der Waals surface area contributed by atoms with Gasteiger partial charge in [0.05, 0.1) is 6.20 Å². The second kappa shape index (κ2) is 3.17. The van der Waals surface area contributed by atoms with E-state index in [1.165, 1.54) is 20.0 Å². The van der Waals surface area contributed by atoms with Gasteiger partial charge in [0.1, 0.15) is 5.82 Å². The van der Waals surface area contributed by atoms with Crippen LogP contribution in [0.25, 0.3) is 0 Å². The van der Waals surface area contributed by atoms with Crippen LogP contribution in [0, 0.1) is 0 Å². The van der Waals surface area contributed by atoms with Gasteiger partial charge in [-0.2, -0.15) is 9.78 Å². The van der Waals surface area contributed by atoms with E-state index in [-0.39, 0.29) is 11.8 Å². The van der Waals surface area contributed by atoms with Crippen molar-refractivity contribution in [1.29, 1.82) is 0 Å². The van der Waals surface area contributed by atoms with Crippen molar-refractivity contribution in [2.24, 2.45) is 0 Å². The molecule has 0 aromatic carbocycles. The maximum atomic E-state index is 10.9. The number of hydrogen-bond acceptors (Lipinski definition) is 3. The number of hydrogen-bond donors (Lipinski definition) is 1. The third kappa shape index (κ3) is 1.69. The standard InChI is InChI=1S/C7H9N3O2/c1-5(11)9-7-3-4-8-10(7)6(2)12/h3-4H,1-2H3,(H,9,11). The molecular formula is C7H9N3O2. The first-order valence-electron chi connectivity index (χ1n) is 3.44. The van der Waals surface area contributed by atoms with Crippen molar-refractivity contribution in [3.05, 3.63) is 12.3 Å². The lowest BCUT2D eigenvalue weighted by Gasteiger charge is -2.01. The minimum Gasteiger partial charge on any atom is -0.311 e. The number of nitrogens with zero attached hydrogens (tertiary/aromatic N) is 2. The molecule has 0 fully saturated rings. The third-order valence-corrected chi connectivity index (χ3v) is 1.25. The smallest absolute Gasteiger partial charge is 0.245 e. The van der Waals surface area contributed by atoms with E-state index in [9.17, 15) is 9.59 Å². The molecule has 1 aromatic heterocycles. The van der Waals surface area contributed by atoms with Gasteiger partial charge < -0.3 is 5.32 Å². The predicted molar refractivity (Wildman–Crippen MR) is 42.8 cm³/mol. The van der Waals surface area contributed by atoms with Crippen LogP contribution in [-0.4, -0.2) is 21.6 Å². The van der Waals surface area contributed by atoms with Gasteiger partial charge in [-0.3, -0.25) is 9.59 Å². The van der Waals surface area contributed by atoms with Gasteiger partial charge in [0, 0.05) is 19.9 Å². The van der Waals surface area contributed by atoms with Crippen molar-refractivity contribution in [3.63, 3.8) is 0 Å². The summed E-state index contributed by atoms with van der Waals surface area (Å²) >= 11 is 0. The van der Waals surface area contributed by atoms with Crippen molar-refractivity contribution in [2.45, 2.75) is 13.8 Å². The second-order valence-corrected chi connectivity index (χ2v) is 2.33. The van der Waals surface area contributed by atoms with Crippen LogP contribution in [0.1, 0.15) is 18.6 Å². The Kier molecular flexibility index (Phi) is 2.23. The van der Waals surface area contributed by atoms with E-state index in [2.05, 4.69) is 10.4 Å². The first-order chi connectivity index (χ1) is 5.61. The molecule has 1 N–H and O–H groups in total. The zero-order valence-corrected chi connectivity index (χ0v) is 6.87. The molecule has 0 bridgehead atoms. The first-order valence-corrected chi connectivity index (χ1v) is 3.44. The van der Waals surface area contributed by atoms with Gasteiger partial charge in [-0.05, 0) is 0 Å². The Morgan fingerprint density at radius 2 is 2.17 bits per heavy atom. The molecule has 1 heterocycles. The lowest BCUT2D eigenvalue weighted by molar-refractivity contribution is -0.114. The largest absolute Gasteiger partial charge is 0.311 e. The molecule has 5 heteroatoms. The predicted octanol–water partition coefficient (Wildman–Crippen LogP) is 0.502. The lowest BCUT2D eigenvalue weighted by atomic mass is 10.5. The Labute approximate surface area is 69.4 Å². The van der Waals surface area contributed by atoms with E-state index in [4.69, 9.17) is 0 Å². The Bertz CT molecular complexity index is 316. The van der Waals surface area contributed by atoms with Crippen molar-refractivity contribution in [3.8, 4) is 0 Å². The summed E-state index contributed by atoms with van der Waals surface area (Å²) in [5.74, 6) is -0.0586. The molecule has 1 rings (SSSR count). The first kappa shape index (κ1) is 8.45. The average Bonchev–Trinajstić information content (AvgIpc) is 2.33. The van der Waals surface area contributed by atoms with E-state index >= 15 is 0 Å². The van der Waals surface area contributed by atoms with Gasteiger partial charge in [-0.25, -0.2) is 0 Å². The average molecular weight is 167 g/mol. The summed E-state index contributed by atoms with van der Waals surface area (Å²) in [7, 11) is 0. The number of carbonyl (C=O) groups excluding carboxylic acids is 2. The van der Waals surface area contributed by atoms with Crippen LogP contribution in [0.2, 0.25) is 0 Å². The Morgan fingerprint density at radius 3 is 2.67 bits per heavy atom. The number of carbonyl (C=O) groups is 2. The second-order valence-electron chi connectivity index (χ2n) is 2.33. The van der Waals surface area contributed by atoms with E-state index in [0.29, 0.717) is 5.82 Å². The molecule has 0 aliphatic heterocycles. The molecule has 1 amide bonds. The van der Waals surface area contributed by atoms with Crippen LogP contribution in [0.5, 0.6) is 0 Å². The molecule has 1 aromatic rings. The number of anilines is 1. The number of rotatable bonds is 1. The summed E-state index contributed by atoms with van der Waals surface area (Å²) < 4.78 is 1.13. The minimum atomic E-state index is -0.233. The van der Waals surface area contributed by atoms with Crippen LogP contribution in [0.4, 0.5) is 5.82 Å². The molecule has 12 heavy (non-hydrogen) atoms. The van der Waals surface area contributed by atoms with Crippen LogP contribution in [0.15, 0.2) is 12.3 Å². The zero-order valence-electron chi connectivity index (χ0n) is 6.87. The molecular weight excluding hydrogens is 158 g/mol. The zero-order chi connectivity index (χ0) is 9.14. The van der Waals surface area contributed by atoms with Gasteiger partial charge in [0.15, 0.2) is 0 Å². The molecule has 0 saturated heterocycles. The molecule has 0 atom stereocenters. The highest BCUT2D eigenvalue weighted by atomic mass is 16.2. The molecule has 5 nitrogen and oxygen atoms in total. The summed E-state index contributed by atoms with van der Waals surface area (Å²) in [5.41, 5.74) is 0. The number of aromatic nitrogens is 2. The quantitative estimate of drug-likeness (QED) is 0.662. The topological polar surface area (TPSA) is 64.0 Å². The summed E-state index contributed by atoms with van der Waals surface area (Å²) in [4.78, 5) is 21.5. The van der Waals surface area contributed by atoms with Crippen molar-refractivity contribution < 1.29 is 9.59 Å². The summed E-state index contributed by atoms with van der Waals surface area (Å²) in [6.07, 6.45) is 1.45. The summed E-state index contributed by atoms with van der Waals surface area (Å²) in [6, 6.07) is 1.56. The molecule has 0 radical (unpaired) electrons. The Hall–Kier alpha value is -1.65. The maximum Gasteiger partial charge on any atom is 0.245 e. The summed E-state index contributed by atoms with van der Waals surface area (Å²) in [6.45, 7) is 2.75. The van der Waals surface area contributed by atoms with Gasteiger partial charge in [-0.1, -0.05) is 0 Å². The molecule has 0 aliphatic carbocycles. The molecule has 0 unspecified atom stereocenters. The fourth-order valence-electron chi connectivity index (χ4n) is 0.829. The SMILES string of the molecule is CC(=O)Nc1ccnn1C(C)=O. The van der Waals surface area contributed by atoms with E-state index < -0.39 is 0 Å². The summed E-state index contributed by atoms with van der Waals surface area (Å²) in [5, 5.41) is 6.20. The van der Waals surface area contributed by atoms with E-state index in [1.807, 2.05) is 0 Å². The van der Waals surface area contributed by atoms with Crippen molar-refractivity contribution >= 4 is 17.6 Å². The third-order valence-electron chi connectivity index (χ3n) is 1.25. The van der Waals surface area contributed by atoms with Crippen molar-refractivity contribution in [1.82, 2.24) is 9.78 Å². The highest BCUT2D eigenvalue weighted by molar-refractivity contribution is 5.90. The number of amides is 1. The fourth-order valence-corrected chi connectivity index (χ4v) is 0.829. The highest BCUT2D eigenvalue weighted by Crippen LogP contribution is 2.04. The Balaban J connectivity index is 2.91. The van der Waals surface area contributed by atoms with Crippen LogP contribution in [0.3, 0.4) is 0 Å². The molecule has 0 spiro atoms. The van der Waals surface area contributed by atoms with Crippen molar-refractivity contribution in [2.75, 3.05) is 5.32 Å². The normalized spacial score (nSPS) is 9.50. The van der Waals surface area contributed by atoms with E-state index in [1.54, 1.807) is 6.07 Å². The monoisotopic (exact) mass is 167 g/mol. The van der Waals surface area contributed by atoms with Crippen LogP contribution < -0.4 is 5.32 Å². The maximum absolute atomic E-state index is 10.9. The number of nitrogens with one attached hydrogen (secondary N) is 1. The van der Waals surface area contributed by atoms with Gasteiger partial charge >= 0.3 is 0 Å². The fraction of sp³-hybridized carbons (Fsp3) is 0.286.